The molecule has 0 atom stereocenters. The molecule has 0 spiro atoms. The maximum Gasteiger partial charge on any atom is 0.271 e. The van der Waals surface area contributed by atoms with Crippen molar-refractivity contribution >= 4 is 12.1 Å². The minimum absolute atomic E-state index is 0.273. The van der Waals surface area contributed by atoms with Gasteiger partial charge in [0.25, 0.3) is 5.91 Å². The minimum Gasteiger partial charge on any atom is -0.494 e. The van der Waals surface area contributed by atoms with Gasteiger partial charge in [-0.3, -0.25) is 4.79 Å². The molecule has 0 radical (unpaired) electrons. The van der Waals surface area contributed by atoms with E-state index in [2.05, 4.69) is 10.5 Å². The highest BCUT2D eigenvalue weighted by molar-refractivity contribution is 5.95. The molecule has 29 heavy (non-hydrogen) atoms. The number of carbonyl (C=O) groups excluding carboxylic acids is 1. The third-order valence-corrected chi connectivity index (χ3v) is 4.22. The monoisotopic (exact) mass is 388 g/mol. The van der Waals surface area contributed by atoms with Crippen LogP contribution in [0, 0.1) is 0 Å². The van der Waals surface area contributed by atoms with Crippen LogP contribution in [-0.4, -0.2) is 25.3 Å². The second-order valence-corrected chi connectivity index (χ2v) is 6.21. The van der Waals surface area contributed by atoms with Crippen molar-refractivity contribution in [3.63, 3.8) is 0 Å². The van der Waals surface area contributed by atoms with Crippen LogP contribution in [0.5, 0.6) is 11.5 Å². The van der Waals surface area contributed by atoms with E-state index in [1.165, 1.54) is 0 Å². The first-order valence-electron chi connectivity index (χ1n) is 9.59. The number of benzene rings is 3. The summed E-state index contributed by atoms with van der Waals surface area (Å²) in [5.41, 5.74) is 6.02. The molecule has 0 bridgehead atoms. The molecule has 0 aromatic heterocycles. The van der Waals surface area contributed by atoms with E-state index in [1.54, 1.807) is 18.3 Å². The summed E-state index contributed by atoms with van der Waals surface area (Å²) in [4.78, 5) is 12.4. The lowest BCUT2D eigenvalue weighted by molar-refractivity contribution is 0.0955. The largest absolute Gasteiger partial charge is 0.494 e. The molecule has 5 nitrogen and oxygen atoms in total. The zero-order valence-corrected chi connectivity index (χ0v) is 16.6. The third-order valence-electron chi connectivity index (χ3n) is 4.22. The summed E-state index contributed by atoms with van der Waals surface area (Å²) < 4.78 is 11.1. The van der Waals surface area contributed by atoms with Crippen molar-refractivity contribution in [2.24, 2.45) is 5.10 Å². The Morgan fingerprint density at radius 1 is 0.897 bits per heavy atom. The lowest BCUT2D eigenvalue weighted by Crippen LogP contribution is -2.17. The minimum atomic E-state index is -0.273. The SMILES string of the molecule is CCOc1ccc(/C=N\NC(=O)c2ccc(-c3ccccc3)cc2)c(OCC)c1. The van der Waals surface area contributed by atoms with E-state index in [4.69, 9.17) is 9.47 Å². The van der Waals surface area contributed by atoms with Crippen molar-refractivity contribution in [2.45, 2.75) is 13.8 Å². The fraction of sp³-hybridized carbons (Fsp3) is 0.167. The Labute approximate surface area is 171 Å². The zero-order chi connectivity index (χ0) is 20.5. The predicted molar refractivity (Wildman–Crippen MR) is 116 cm³/mol. The molecule has 1 amide bonds. The van der Waals surface area contributed by atoms with Gasteiger partial charge in [0.1, 0.15) is 11.5 Å². The zero-order valence-electron chi connectivity index (χ0n) is 16.6. The molecule has 0 saturated heterocycles. The van der Waals surface area contributed by atoms with Gasteiger partial charge in [0.05, 0.1) is 19.4 Å². The summed E-state index contributed by atoms with van der Waals surface area (Å²) in [5, 5.41) is 4.07. The number of rotatable bonds is 8. The molecule has 0 aliphatic rings. The summed E-state index contributed by atoms with van der Waals surface area (Å²) in [6.45, 7) is 4.95. The Morgan fingerprint density at radius 2 is 1.59 bits per heavy atom. The molecule has 3 rings (SSSR count). The topological polar surface area (TPSA) is 59.9 Å². The van der Waals surface area contributed by atoms with Crippen LogP contribution < -0.4 is 14.9 Å². The second-order valence-electron chi connectivity index (χ2n) is 6.21. The Kier molecular flexibility index (Phi) is 7.00. The number of hydrogen-bond donors (Lipinski definition) is 1. The fourth-order valence-electron chi connectivity index (χ4n) is 2.83. The van der Waals surface area contributed by atoms with Crippen molar-refractivity contribution in [2.75, 3.05) is 13.2 Å². The van der Waals surface area contributed by atoms with Gasteiger partial charge in [-0.05, 0) is 49.2 Å². The van der Waals surface area contributed by atoms with Crippen LogP contribution >= 0.6 is 0 Å². The van der Waals surface area contributed by atoms with Crippen molar-refractivity contribution in [3.8, 4) is 22.6 Å². The Balaban J connectivity index is 1.66. The highest BCUT2D eigenvalue weighted by atomic mass is 16.5. The number of hydrazone groups is 1. The first-order valence-corrected chi connectivity index (χ1v) is 9.59. The van der Waals surface area contributed by atoms with Crippen LogP contribution in [0.3, 0.4) is 0 Å². The number of amides is 1. The van der Waals surface area contributed by atoms with Gasteiger partial charge < -0.3 is 9.47 Å². The number of hydrogen-bond acceptors (Lipinski definition) is 4. The van der Waals surface area contributed by atoms with Crippen LogP contribution in [0.2, 0.25) is 0 Å². The maximum atomic E-state index is 12.4. The molecule has 0 aliphatic heterocycles. The van der Waals surface area contributed by atoms with Crippen LogP contribution in [0.4, 0.5) is 0 Å². The van der Waals surface area contributed by atoms with Crippen LogP contribution in [0.15, 0.2) is 77.9 Å². The average molecular weight is 388 g/mol. The Morgan fingerprint density at radius 3 is 2.28 bits per heavy atom. The van der Waals surface area contributed by atoms with Crippen LogP contribution in [0.25, 0.3) is 11.1 Å². The van der Waals surface area contributed by atoms with Crippen molar-refractivity contribution in [1.82, 2.24) is 5.43 Å². The number of nitrogens with zero attached hydrogens (tertiary/aromatic N) is 1. The molecule has 0 saturated carbocycles. The van der Waals surface area contributed by atoms with Gasteiger partial charge in [-0.1, -0.05) is 42.5 Å². The summed E-state index contributed by atoms with van der Waals surface area (Å²) >= 11 is 0. The van der Waals surface area contributed by atoms with Gasteiger partial charge in [-0.15, -0.1) is 0 Å². The smallest absolute Gasteiger partial charge is 0.271 e. The molecular formula is C24H24N2O3. The van der Waals surface area contributed by atoms with Crippen molar-refractivity contribution in [1.29, 1.82) is 0 Å². The number of carbonyl (C=O) groups is 1. The third kappa shape index (κ3) is 5.45. The summed E-state index contributed by atoms with van der Waals surface area (Å²) in [7, 11) is 0. The van der Waals surface area contributed by atoms with E-state index in [1.807, 2.05) is 74.5 Å². The predicted octanol–water partition coefficient (Wildman–Crippen LogP) is 4.91. The van der Waals surface area contributed by atoms with E-state index in [9.17, 15) is 4.79 Å². The lowest BCUT2D eigenvalue weighted by Gasteiger charge is -2.10. The first kappa shape index (κ1) is 20.1. The Hall–Kier alpha value is -3.60. The van der Waals surface area contributed by atoms with E-state index >= 15 is 0 Å². The van der Waals surface area contributed by atoms with E-state index in [0.29, 0.717) is 24.5 Å². The van der Waals surface area contributed by atoms with E-state index in [-0.39, 0.29) is 5.91 Å². The highest BCUT2D eigenvalue weighted by Crippen LogP contribution is 2.24. The Bertz CT molecular complexity index is 967. The summed E-state index contributed by atoms with van der Waals surface area (Å²) in [6.07, 6.45) is 1.57. The van der Waals surface area contributed by atoms with Crippen LogP contribution in [0.1, 0.15) is 29.8 Å². The van der Waals surface area contributed by atoms with E-state index < -0.39 is 0 Å². The first-order chi connectivity index (χ1) is 14.2. The molecule has 3 aromatic carbocycles. The molecule has 1 N–H and O–H groups in total. The van der Waals surface area contributed by atoms with Gasteiger partial charge >= 0.3 is 0 Å². The van der Waals surface area contributed by atoms with Gasteiger partial charge in [0.2, 0.25) is 0 Å². The summed E-state index contributed by atoms with van der Waals surface area (Å²) in [6, 6.07) is 23.0. The standard InChI is InChI=1S/C24H24N2O3/c1-3-28-22-15-14-21(23(16-22)29-4-2)17-25-26-24(27)20-12-10-19(11-13-20)18-8-6-5-7-9-18/h5-17H,3-4H2,1-2H3,(H,26,27)/b25-17-. The quantitative estimate of drug-likeness (QED) is 0.440. The lowest BCUT2D eigenvalue weighted by atomic mass is 10.0. The average Bonchev–Trinajstić information content (AvgIpc) is 2.76. The molecule has 148 valence electrons. The summed E-state index contributed by atoms with van der Waals surface area (Å²) in [5.74, 6) is 1.11. The number of ether oxygens (including phenoxy) is 2. The van der Waals surface area contributed by atoms with Gasteiger partial charge in [0, 0.05) is 17.2 Å². The maximum absolute atomic E-state index is 12.4. The molecule has 0 unspecified atom stereocenters. The van der Waals surface area contributed by atoms with Crippen molar-refractivity contribution < 1.29 is 14.3 Å². The van der Waals surface area contributed by atoms with Gasteiger partial charge in [-0.25, -0.2) is 5.43 Å². The second kappa shape index (κ2) is 10.1. The molecule has 0 fully saturated rings. The van der Waals surface area contributed by atoms with Crippen LogP contribution in [-0.2, 0) is 0 Å². The van der Waals surface area contributed by atoms with Crippen molar-refractivity contribution in [3.05, 3.63) is 83.9 Å². The molecule has 0 heterocycles. The fourth-order valence-corrected chi connectivity index (χ4v) is 2.83. The molecule has 5 heteroatoms. The molecular weight excluding hydrogens is 364 g/mol. The molecule has 0 aliphatic carbocycles. The normalized spacial score (nSPS) is 10.7. The van der Waals surface area contributed by atoms with Gasteiger partial charge in [0.15, 0.2) is 0 Å². The van der Waals surface area contributed by atoms with Gasteiger partial charge in [-0.2, -0.15) is 5.10 Å². The number of nitrogens with one attached hydrogen (secondary N) is 1. The highest BCUT2D eigenvalue weighted by Gasteiger charge is 2.07. The van der Waals surface area contributed by atoms with E-state index in [0.717, 1.165) is 22.4 Å². The molecule has 3 aromatic rings.